The Bertz CT molecular complexity index is 514. The molecule has 1 unspecified atom stereocenters. The second-order valence-electron chi connectivity index (χ2n) is 5.11. The van der Waals surface area contributed by atoms with Crippen LogP contribution >= 0.6 is 0 Å². The largest absolute Gasteiger partial charge is 0.333 e. The van der Waals surface area contributed by atoms with Crippen molar-refractivity contribution in [1.82, 2.24) is 9.55 Å². The SMILES string of the molecule is Cc1cccc(C(N)Cn2ccnc2C(C)C)c1. The van der Waals surface area contributed by atoms with Crippen molar-refractivity contribution in [3.63, 3.8) is 0 Å². The van der Waals surface area contributed by atoms with Crippen LogP contribution in [0, 0.1) is 6.92 Å². The molecule has 0 aliphatic carbocycles. The van der Waals surface area contributed by atoms with E-state index >= 15 is 0 Å². The van der Waals surface area contributed by atoms with Crippen LogP contribution in [-0.2, 0) is 6.54 Å². The molecule has 2 N–H and O–H groups in total. The minimum absolute atomic E-state index is 0.0107. The van der Waals surface area contributed by atoms with E-state index in [0.29, 0.717) is 5.92 Å². The topological polar surface area (TPSA) is 43.8 Å². The molecule has 96 valence electrons. The van der Waals surface area contributed by atoms with Gasteiger partial charge in [-0.3, -0.25) is 0 Å². The van der Waals surface area contributed by atoms with Crippen LogP contribution in [0.2, 0.25) is 0 Å². The van der Waals surface area contributed by atoms with Crippen LogP contribution < -0.4 is 5.73 Å². The Kier molecular flexibility index (Phi) is 3.82. The molecule has 0 radical (unpaired) electrons. The van der Waals surface area contributed by atoms with Gasteiger partial charge in [0.1, 0.15) is 5.82 Å². The minimum Gasteiger partial charge on any atom is -0.333 e. The number of nitrogens with two attached hydrogens (primary N) is 1. The van der Waals surface area contributed by atoms with Crippen molar-refractivity contribution in [2.45, 2.75) is 39.3 Å². The molecule has 0 fully saturated rings. The van der Waals surface area contributed by atoms with E-state index in [1.165, 1.54) is 11.1 Å². The third kappa shape index (κ3) is 2.79. The summed E-state index contributed by atoms with van der Waals surface area (Å²) in [5, 5.41) is 0. The Morgan fingerprint density at radius 1 is 1.33 bits per heavy atom. The van der Waals surface area contributed by atoms with Gasteiger partial charge in [0.25, 0.3) is 0 Å². The Balaban J connectivity index is 2.16. The summed E-state index contributed by atoms with van der Waals surface area (Å²) < 4.78 is 2.15. The standard InChI is InChI=1S/C15H21N3/c1-11(2)15-17-7-8-18(15)10-14(16)13-6-4-5-12(3)9-13/h4-9,11,14H,10,16H2,1-3H3. The Morgan fingerprint density at radius 2 is 2.11 bits per heavy atom. The van der Waals surface area contributed by atoms with Gasteiger partial charge in [0.05, 0.1) is 0 Å². The molecular formula is C15H21N3. The van der Waals surface area contributed by atoms with E-state index in [1.54, 1.807) is 0 Å². The molecule has 0 amide bonds. The number of rotatable bonds is 4. The summed E-state index contributed by atoms with van der Waals surface area (Å²) in [7, 11) is 0. The summed E-state index contributed by atoms with van der Waals surface area (Å²) in [6.07, 6.45) is 3.85. The van der Waals surface area contributed by atoms with Crippen molar-refractivity contribution in [3.8, 4) is 0 Å². The summed E-state index contributed by atoms with van der Waals surface area (Å²) in [4.78, 5) is 4.39. The normalized spacial score (nSPS) is 12.9. The fourth-order valence-corrected chi connectivity index (χ4v) is 2.19. The average Bonchev–Trinajstić information content (AvgIpc) is 2.77. The maximum atomic E-state index is 6.28. The van der Waals surface area contributed by atoms with Crippen LogP contribution in [-0.4, -0.2) is 9.55 Å². The van der Waals surface area contributed by atoms with E-state index in [9.17, 15) is 0 Å². The Hall–Kier alpha value is -1.61. The summed E-state index contributed by atoms with van der Waals surface area (Å²) in [6.45, 7) is 7.16. The molecule has 1 heterocycles. The predicted octanol–water partition coefficient (Wildman–Crippen LogP) is 3.01. The van der Waals surface area contributed by atoms with Gasteiger partial charge < -0.3 is 10.3 Å². The fraction of sp³-hybridized carbons (Fsp3) is 0.400. The van der Waals surface area contributed by atoms with Gasteiger partial charge in [-0.25, -0.2) is 4.98 Å². The number of aromatic nitrogens is 2. The molecule has 2 rings (SSSR count). The first-order valence-corrected chi connectivity index (χ1v) is 6.41. The summed E-state index contributed by atoms with van der Waals surface area (Å²) in [5.41, 5.74) is 8.70. The Morgan fingerprint density at radius 3 is 2.78 bits per heavy atom. The number of hydrogen-bond donors (Lipinski definition) is 1. The highest BCUT2D eigenvalue weighted by Crippen LogP contribution is 2.18. The number of nitrogens with zero attached hydrogens (tertiary/aromatic N) is 2. The third-order valence-electron chi connectivity index (χ3n) is 3.13. The first-order valence-electron chi connectivity index (χ1n) is 6.41. The van der Waals surface area contributed by atoms with Gasteiger partial charge in [-0.05, 0) is 12.5 Å². The van der Waals surface area contributed by atoms with E-state index in [1.807, 2.05) is 12.4 Å². The zero-order chi connectivity index (χ0) is 13.1. The summed E-state index contributed by atoms with van der Waals surface area (Å²) in [6, 6.07) is 8.39. The van der Waals surface area contributed by atoms with Crippen molar-refractivity contribution in [1.29, 1.82) is 0 Å². The highest BCUT2D eigenvalue weighted by Gasteiger charge is 2.11. The van der Waals surface area contributed by atoms with Crippen LogP contribution in [0.5, 0.6) is 0 Å². The first-order chi connectivity index (χ1) is 8.58. The van der Waals surface area contributed by atoms with E-state index in [2.05, 4.69) is 54.6 Å². The van der Waals surface area contributed by atoms with Crippen LogP contribution in [0.25, 0.3) is 0 Å². The predicted molar refractivity (Wildman–Crippen MR) is 74.4 cm³/mol. The van der Waals surface area contributed by atoms with Crippen LogP contribution in [0.15, 0.2) is 36.7 Å². The quantitative estimate of drug-likeness (QED) is 0.897. The molecule has 3 nitrogen and oxygen atoms in total. The van der Waals surface area contributed by atoms with Gasteiger partial charge in [0.15, 0.2) is 0 Å². The van der Waals surface area contributed by atoms with Gasteiger partial charge in [-0.2, -0.15) is 0 Å². The van der Waals surface area contributed by atoms with Gasteiger partial charge in [0, 0.05) is 30.9 Å². The molecule has 0 saturated carbocycles. The lowest BCUT2D eigenvalue weighted by Gasteiger charge is -2.16. The molecule has 1 atom stereocenters. The molecule has 0 saturated heterocycles. The lowest BCUT2D eigenvalue weighted by Crippen LogP contribution is -2.19. The van der Waals surface area contributed by atoms with Crippen molar-refractivity contribution < 1.29 is 0 Å². The zero-order valence-electron chi connectivity index (χ0n) is 11.3. The van der Waals surface area contributed by atoms with Gasteiger partial charge in [0.2, 0.25) is 0 Å². The first kappa shape index (κ1) is 12.8. The molecule has 3 heteroatoms. The molecular weight excluding hydrogens is 222 g/mol. The zero-order valence-corrected chi connectivity index (χ0v) is 11.3. The lowest BCUT2D eigenvalue weighted by molar-refractivity contribution is 0.541. The average molecular weight is 243 g/mol. The molecule has 0 aliphatic heterocycles. The van der Waals surface area contributed by atoms with Gasteiger partial charge >= 0.3 is 0 Å². The van der Waals surface area contributed by atoms with Crippen molar-refractivity contribution >= 4 is 0 Å². The van der Waals surface area contributed by atoms with Gasteiger partial charge in [-0.1, -0.05) is 43.7 Å². The van der Waals surface area contributed by atoms with E-state index in [4.69, 9.17) is 5.73 Å². The summed E-state index contributed by atoms with van der Waals surface area (Å²) >= 11 is 0. The van der Waals surface area contributed by atoms with Crippen molar-refractivity contribution in [3.05, 3.63) is 53.6 Å². The maximum absolute atomic E-state index is 6.28. The molecule has 18 heavy (non-hydrogen) atoms. The maximum Gasteiger partial charge on any atom is 0.111 e. The van der Waals surface area contributed by atoms with E-state index in [-0.39, 0.29) is 6.04 Å². The number of hydrogen-bond acceptors (Lipinski definition) is 2. The highest BCUT2D eigenvalue weighted by atomic mass is 15.1. The molecule has 0 spiro atoms. The van der Waals surface area contributed by atoms with Crippen LogP contribution in [0.1, 0.15) is 42.8 Å². The van der Waals surface area contributed by atoms with Crippen LogP contribution in [0.3, 0.4) is 0 Å². The van der Waals surface area contributed by atoms with E-state index < -0.39 is 0 Å². The van der Waals surface area contributed by atoms with E-state index in [0.717, 1.165) is 12.4 Å². The van der Waals surface area contributed by atoms with Crippen molar-refractivity contribution in [2.24, 2.45) is 5.73 Å². The molecule has 0 aliphatic rings. The number of imidazole rings is 1. The minimum atomic E-state index is 0.0107. The smallest absolute Gasteiger partial charge is 0.111 e. The number of aryl methyl sites for hydroxylation is 1. The monoisotopic (exact) mass is 243 g/mol. The van der Waals surface area contributed by atoms with Crippen molar-refractivity contribution in [2.75, 3.05) is 0 Å². The Labute approximate surface area is 109 Å². The van der Waals surface area contributed by atoms with Crippen LogP contribution in [0.4, 0.5) is 0 Å². The second kappa shape index (κ2) is 5.36. The molecule has 1 aromatic heterocycles. The summed E-state index contributed by atoms with van der Waals surface area (Å²) in [5.74, 6) is 1.52. The fourth-order valence-electron chi connectivity index (χ4n) is 2.19. The second-order valence-corrected chi connectivity index (χ2v) is 5.11. The highest BCUT2D eigenvalue weighted by molar-refractivity contribution is 5.24. The molecule has 0 bridgehead atoms. The third-order valence-corrected chi connectivity index (χ3v) is 3.13. The number of benzene rings is 1. The molecule has 2 aromatic rings. The molecule has 1 aromatic carbocycles. The van der Waals surface area contributed by atoms with Gasteiger partial charge in [-0.15, -0.1) is 0 Å². The lowest BCUT2D eigenvalue weighted by atomic mass is 10.0.